The predicted octanol–water partition coefficient (Wildman–Crippen LogP) is 6.37. The Hall–Kier alpha value is 0.370. The average Bonchev–Trinajstić information content (AvgIpc) is 2.43. The van der Waals surface area contributed by atoms with Gasteiger partial charge in [-0.2, -0.15) is 12.6 Å². The molecule has 0 aliphatic rings. The first-order valence-electron chi connectivity index (χ1n) is 8.48. The molecule has 0 aromatic carbocycles. The molecule has 0 saturated heterocycles. The highest BCUT2D eigenvalue weighted by molar-refractivity contribution is 8.13. The minimum absolute atomic E-state index is 0.262. The normalized spacial score (nSPS) is 14.2. The number of unbranched alkanes of at least 4 members (excludes halogenated alkanes) is 1. The number of hydrogen-bond acceptors (Lipinski definition) is 3. The van der Waals surface area contributed by atoms with Crippen molar-refractivity contribution in [2.75, 3.05) is 5.75 Å². The number of carbonyl (C=O) groups is 1. The SMILES string of the molecule is CCC(C)(C)CCCCC(=O)SCCC(S)C(C)(C)CC. The first-order chi connectivity index (χ1) is 9.64. The van der Waals surface area contributed by atoms with Gasteiger partial charge in [0.1, 0.15) is 0 Å². The van der Waals surface area contributed by atoms with Gasteiger partial charge < -0.3 is 0 Å². The standard InChI is InChI=1S/C18H36OS2/c1-7-17(3,4)13-10-9-11-16(19)21-14-12-15(20)18(5,6)8-2/h15,20H,7-14H2,1-6H3. The van der Waals surface area contributed by atoms with Gasteiger partial charge in [-0.1, -0.05) is 66.1 Å². The van der Waals surface area contributed by atoms with Crippen molar-refractivity contribution in [2.45, 2.75) is 91.7 Å². The molecule has 0 aliphatic heterocycles. The highest BCUT2D eigenvalue weighted by Gasteiger charge is 2.24. The number of thiol groups is 1. The highest BCUT2D eigenvalue weighted by Crippen LogP contribution is 2.32. The third kappa shape index (κ3) is 9.89. The summed E-state index contributed by atoms with van der Waals surface area (Å²) in [7, 11) is 0. The summed E-state index contributed by atoms with van der Waals surface area (Å²) in [5, 5.41) is 0.743. The topological polar surface area (TPSA) is 17.1 Å². The Balaban J connectivity index is 3.73. The van der Waals surface area contributed by atoms with E-state index in [4.69, 9.17) is 12.6 Å². The lowest BCUT2D eigenvalue weighted by Crippen LogP contribution is -2.24. The van der Waals surface area contributed by atoms with Crippen molar-refractivity contribution < 1.29 is 4.79 Å². The van der Waals surface area contributed by atoms with Crippen LogP contribution >= 0.6 is 24.4 Å². The molecule has 0 fully saturated rings. The Bertz CT molecular complexity index is 298. The van der Waals surface area contributed by atoms with Gasteiger partial charge in [0.25, 0.3) is 0 Å². The summed E-state index contributed by atoms with van der Waals surface area (Å²) in [6.07, 6.45) is 7.54. The van der Waals surface area contributed by atoms with E-state index in [0.29, 0.717) is 15.8 Å². The molecule has 1 unspecified atom stereocenters. The van der Waals surface area contributed by atoms with Gasteiger partial charge in [0.2, 0.25) is 0 Å². The molecule has 0 radical (unpaired) electrons. The molecule has 0 spiro atoms. The smallest absolute Gasteiger partial charge is 0.188 e. The molecule has 0 bridgehead atoms. The van der Waals surface area contributed by atoms with Crippen molar-refractivity contribution in [3.05, 3.63) is 0 Å². The van der Waals surface area contributed by atoms with Crippen LogP contribution in [0, 0.1) is 10.8 Å². The second-order valence-electron chi connectivity index (χ2n) is 7.59. The van der Waals surface area contributed by atoms with Gasteiger partial charge in [0.15, 0.2) is 5.12 Å². The van der Waals surface area contributed by atoms with E-state index in [-0.39, 0.29) is 5.41 Å². The minimum Gasteiger partial charge on any atom is -0.287 e. The monoisotopic (exact) mass is 332 g/mol. The van der Waals surface area contributed by atoms with Crippen LogP contribution in [-0.4, -0.2) is 16.1 Å². The average molecular weight is 333 g/mol. The molecule has 3 heteroatoms. The molecule has 21 heavy (non-hydrogen) atoms. The zero-order valence-electron chi connectivity index (χ0n) is 15.0. The molecule has 0 saturated carbocycles. The van der Waals surface area contributed by atoms with Crippen molar-refractivity contribution in [3.8, 4) is 0 Å². The molecule has 0 N–H and O–H groups in total. The number of rotatable bonds is 11. The summed E-state index contributed by atoms with van der Waals surface area (Å²) < 4.78 is 0. The van der Waals surface area contributed by atoms with Crippen LogP contribution in [0.2, 0.25) is 0 Å². The quantitative estimate of drug-likeness (QED) is 0.350. The third-order valence-electron chi connectivity index (χ3n) is 4.91. The van der Waals surface area contributed by atoms with Crippen LogP contribution in [0.5, 0.6) is 0 Å². The van der Waals surface area contributed by atoms with Crippen molar-refractivity contribution in [2.24, 2.45) is 10.8 Å². The summed E-state index contributed by atoms with van der Waals surface area (Å²) in [6, 6.07) is 0. The summed E-state index contributed by atoms with van der Waals surface area (Å²) in [5.74, 6) is 0.914. The molecule has 0 aromatic heterocycles. The summed E-state index contributed by atoms with van der Waals surface area (Å²) in [6.45, 7) is 13.6. The van der Waals surface area contributed by atoms with E-state index in [9.17, 15) is 4.79 Å². The van der Waals surface area contributed by atoms with Gasteiger partial charge in [-0.15, -0.1) is 0 Å². The number of hydrogen-bond donors (Lipinski definition) is 1. The molecule has 0 amide bonds. The van der Waals surface area contributed by atoms with Crippen LogP contribution in [0.4, 0.5) is 0 Å². The van der Waals surface area contributed by atoms with Crippen LogP contribution in [-0.2, 0) is 4.79 Å². The van der Waals surface area contributed by atoms with E-state index in [2.05, 4.69) is 41.5 Å². The Morgan fingerprint density at radius 1 is 1.10 bits per heavy atom. The van der Waals surface area contributed by atoms with E-state index in [1.807, 2.05) is 0 Å². The molecule has 1 atom stereocenters. The van der Waals surface area contributed by atoms with Crippen LogP contribution in [0.1, 0.15) is 86.5 Å². The van der Waals surface area contributed by atoms with Crippen LogP contribution in [0.15, 0.2) is 0 Å². The van der Waals surface area contributed by atoms with Crippen molar-refractivity contribution in [3.63, 3.8) is 0 Å². The third-order valence-corrected chi connectivity index (χ3v) is 6.83. The maximum Gasteiger partial charge on any atom is 0.188 e. The van der Waals surface area contributed by atoms with E-state index in [0.717, 1.165) is 31.4 Å². The zero-order chi connectivity index (χ0) is 16.5. The van der Waals surface area contributed by atoms with Gasteiger partial charge in [0.05, 0.1) is 0 Å². The fraction of sp³-hybridized carbons (Fsp3) is 0.944. The lowest BCUT2D eigenvalue weighted by atomic mass is 9.84. The Kier molecular flexibility index (Phi) is 10.4. The molecular weight excluding hydrogens is 296 g/mol. The number of thioether (sulfide) groups is 1. The molecular formula is C18H36OS2. The van der Waals surface area contributed by atoms with Gasteiger partial charge in [-0.25, -0.2) is 0 Å². The van der Waals surface area contributed by atoms with E-state index in [1.54, 1.807) is 0 Å². The summed E-state index contributed by atoms with van der Waals surface area (Å²) >= 11 is 6.20. The number of carbonyl (C=O) groups excluding carboxylic acids is 1. The fourth-order valence-corrected chi connectivity index (χ4v) is 3.39. The minimum atomic E-state index is 0.262. The second kappa shape index (κ2) is 10.2. The first kappa shape index (κ1) is 21.4. The Labute approximate surface area is 142 Å². The van der Waals surface area contributed by atoms with Gasteiger partial charge in [0, 0.05) is 17.4 Å². The Morgan fingerprint density at radius 3 is 2.24 bits per heavy atom. The lowest BCUT2D eigenvalue weighted by molar-refractivity contribution is -0.111. The fourth-order valence-electron chi connectivity index (χ4n) is 2.03. The largest absolute Gasteiger partial charge is 0.287 e. The van der Waals surface area contributed by atoms with E-state index < -0.39 is 0 Å². The molecule has 126 valence electrons. The zero-order valence-corrected chi connectivity index (χ0v) is 16.7. The molecule has 0 aliphatic carbocycles. The summed E-state index contributed by atoms with van der Waals surface area (Å²) in [5.41, 5.74) is 0.694. The van der Waals surface area contributed by atoms with Crippen LogP contribution in [0.25, 0.3) is 0 Å². The van der Waals surface area contributed by atoms with Gasteiger partial charge >= 0.3 is 0 Å². The van der Waals surface area contributed by atoms with Gasteiger partial charge in [-0.3, -0.25) is 4.79 Å². The highest BCUT2D eigenvalue weighted by atomic mass is 32.2. The van der Waals surface area contributed by atoms with E-state index in [1.165, 1.54) is 31.0 Å². The molecule has 1 nitrogen and oxygen atoms in total. The van der Waals surface area contributed by atoms with Gasteiger partial charge in [-0.05, 0) is 36.5 Å². The maximum absolute atomic E-state index is 11.9. The van der Waals surface area contributed by atoms with E-state index >= 15 is 0 Å². The van der Waals surface area contributed by atoms with Crippen LogP contribution < -0.4 is 0 Å². The maximum atomic E-state index is 11.9. The molecule has 0 aromatic rings. The predicted molar refractivity (Wildman–Crippen MR) is 101 cm³/mol. The van der Waals surface area contributed by atoms with Crippen molar-refractivity contribution in [1.29, 1.82) is 0 Å². The van der Waals surface area contributed by atoms with Crippen molar-refractivity contribution in [1.82, 2.24) is 0 Å². The van der Waals surface area contributed by atoms with Crippen LogP contribution in [0.3, 0.4) is 0 Å². The van der Waals surface area contributed by atoms with Crippen molar-refractivity contribution >= 4 is 29.5 Å². The Morgan fingerprint density at radius 2 is 1.71 bits per heavy atom. The molecule has 0 heterocycles. The lowest BCUT2D eigenvalue weighted by Gasteiger charge is -2.29. The molecule has 0 rings (SSSR count). The summed E-state index contributed by atoms with van der Waals surface area (Å²) in [4.78, 5) is 11.9. The second-order valence-corrected chi connectivity index (χ2v) is 9.37. The first-order valence-corrected chi connectivity index (χ1v) is 9.98.